The first-order valence-electron chi connectivity index (χ1n) is 5.24. The van der Waals surface area contributed by atoms with Crippen LogP contribution in [-0.2, 0) is 0 Å². The lowest BCUT2D eigenvalue weighted by Gasteiger charge is -2.14. The van der Waals surface area contributed by atoms with Gasteiger partial charge in [-0.3, -0.25) is 4.79 Å². The van der Waals surface area contributed by atoms with Crippen molar-refractivity contribution in [3.63, 3.8) is 0 Å². The summed E-state index contributed by atoms with van der Waals surface area (Å²) in [4.78, 5) is 11.1. The number of hydrogen-bond donors (Lipinski definition) is 1. The van der Waals surface area contributed by atoms with Crippen molar-refractivity contribution in [3.05, 3.63) is 22.7 Å². The summed E-state index contributed by atoms with van der Waals surface area (Å²) >= 11 is 6.04. The zero-order chi connectivity index (χ0) is 14.0. The second kappa shape index (κ2) is 5.19. The van der Waals surface area contributed by atoms with E-state index in [0.29, 0.717) is 23.4 Å². The number of rotatable bonds is 4. The Morgan fingerprint density at radius 2 is 2.00 bits per heavy atom. The van der Waals surface area contributed by atoms with Gasteiger partial charge in [-0.25, -0.2) is 0 Å². The number of aromatic nitrogens is 1. The quantitative estimate of drug-likeness (QED) is 0.866. The van der Waals surface area contributed by atoms with E-state index in [1.165, 1.54) is 26.4 Å². The predicted molar refractivity (Wildman–Crippen MR) is 69.9 cm³/mol. The van der Waals surface area contributed by atoms with Crippen LogP contribution in [0.3, 0.4) is 0 Å². The summed E-state index contributed by atoms with van der Waals surface area (Å²) in [6.45, 7) is 0. The number of carbonyl (C=O) groups is 1. The molecule has 0 unspecified atom stereocenters. The molecule has 0 bridgehead atoms. The van der Waals surface area contributed by atoms with E-state index in [2.05, 4.69) is 5.16 Å². The zero-order valence-electron chi connectivity index (χ0n) is 10.3. The number of hydrogen-bond acceptors (Lipinski definition) is 6. The summed E-state index contributed by atoms with van der Waals surface area (Å²) in [7, 11) is 2.86. The Kier molecular flexibility index (Phi) is 3.62. The molecule has 2 N–H and O–H groups in total. The fourth-order valence-corrected chi connectivity index (χ4v) is 1.98. The zero-order valence-corrected chi connectivity index (χ0v) is 11.0. The summed E-state index contributed by atoms with van der Waals surface area (Å²) in [5.74, 6) is 1.15. The molecule has 0 radical (unpaired) electrons. The maximum atomic E-state index is 11.1. The van der Waals surface area contributed by atoms with E-state index in [0.717, 1.165) is 0 Å². The number of aldehydes is 1. The van der Waals surface area contributed by atoms with Gasteiger partial charge in [0, 0.05) is 6.07 Å². The number of methoxy groups -OCH3 is 2. The van der Waals surface area contributed by atoms with Crippen LogP contribution in [0.25, 0.3) is 11.3 Å². The molecule has 0 atom stereocenters. The summed E-state index contributed by atoms with van der Waals surface area (Å²) < 4.78 is 15.5. The first kappa shape index (κ1) is 13.2. The Balaban J connectivity index is 2.74. The Morgan fingerprint density at radius 1 is 1.32 bits per heavy atom. The molecule has 1 aromatic heterocycles. The minimum atomic E-state index is 0.206. The van der Waals surface area contributed by atoms with E-state index in [-0.39, 0.29) is 22.2 Å². The van der Waals surface area contributed by atoms with Gasteiger partial charge < -0.3 is 19.7 Å². The van der Waals surface area contributed by atoms with Crippen LogP contribution in [0.15, 0.2) is 16.7 Å². The maximum absolute atomic E-state index is 11.1. The van der Waals surface area contributed by atoms with Crippen molar-refractivity contribution in [1.29, 1.82) is 0 Å². The molecular formula is C12H11ClN2O4. The van der Waals surface area contributed by atoms with Gasteiger partial charge in [0.05, 0.1) is 30.4 Å². The van der Waals surface area contributed by atoms with E-state index in [4.69, 9.17) is 31.3 Å². The number of nitrogens with zero attached hydrogens (tertiary/aromatic N) is 1. The standard InChI is InChI=1S/C12H11ClN2O4/c1-17-11-6(9-4-10(14)15-19-9)3-8(13)7(5-16)12(11)18-2/h3-5H,1-2H3,(H2,14,15). The average Bonchev–Trinajstić information content (AvgIpc) is 2.83. The van der Waals surface area contributed by atoms with Gasteiger partial charge in [0.2, 0.25) is 0 Å². The highest BCUT2D eigenvalue weighted by Gasteiger charge is 2.22. The topological polar surface area (TPSA) is 87.6 Å². The second-order valence-corrected chi connectivity index (χ2v) is 4.03. The van der Waals surface area contributed by atoms with Gasteiger partial charge in [-0.2, -0.15) is 0 Å². The van der Waals surface area contributed by atoms with Crippen LogP contribution in [0, 0.1) is 0 Å². The molecule has 1 heterocycles. The number of halogens is 1. The van der Waals surface area contributed by atoms with Gasteiger partial charge in [-0.05, 0) is 6.07 Å². The van der Waals surface area contributed by atoms with Crippen molar-refractivity contribution < 1.29 is 18.8 Å². The summed E-state index contributed by atoms with van der Waals surface area (Å²) in [5.41, 5.74) is 6.21. The SMILES string of the molecule is COc1c(-c2cc(N)no2)cc(Cl)c(C=O)c1OC. The van der Waals surface area contributed by atoms with E-state index in [1.807, 2.05) is 0 Å². The largest absolute Gasteiger partial charge is 0.492 e. The number of ether oxygens (including phenoxy) is 2. The number of nitrogen functional groups attached to an aromatic ring is 1. The molecule has 100 valence electrons. The molecule has 0 saturated heterocycles. The lowest BCUT2D eigenvalue weighted by Crippen LogP contribution is -1.98. The van der Waals surface area contributed by atoms with Crippen LogP contribution in [0.5, 0.6) is 11.5 Å². The van der Waals surface area contributed by atoms with E-state index in [1.54, 1.807) is 0 Å². The molecule has 0 aliphatic rings. The highest BCUT2D eigenvalue weighted by atomic mass is 35.5. The first-order chi connectivity index (χ1) is 9.12. The van der Waals surface area contributed by atoms with Crippen molar-refractivity contribution in [1.82, 2.24) is 5.16 Å². The van der Waals surface area contributed by atoms with Crippen LogP contribution >= 0.6 is 11.6 Å². The Hall–Kier alpha value is -2.21. The van der Waals surface area contributed by atoms with Gasteiger partial charge in [-0.1, -0.05) is 16.8 Å². The maximum Gasteiger partial charge on any atom is 0.173 e. The summed E-state index contributed by atoms with van der Waals surface area (Å²) in [6.07, 6.45) is 0.599. The molecule has 19 heavy (non-hydrogen) atoms. The third-order valence-electron chi connectivity index (χ3n) is 2.54. The van der Waals surface area contributed by atoms with Crippen LogP contribution in [-0.4, -0.2) is 25.7 Å². The van der Waals surface area contributed by atoms with E-state index < -0.39 is 0 Å². The van der Waals surface area contributed by atoms with Crippen molar-refractivity contribution in [2.75, 3.05) is 20.0 Å². The molecule has 0 fully saturated rings. The number of nitrogens with two attached hydrogens (primary N) is 1. The van der Waals surface area contributed by atoms with E-state index in [9.17, 15) is 4.79 Å². The normalized spacial score (nSPS) is 10.3. The molecule has 7 heteroatoms. The third kappa shape index (κ3) is 2.22. The molecule has 2 rings (SSSR count). The Bertz CT molecular complexity index is 624. The van der Waals surface area contributed by atoms with Crippen molar-refractivity contribution in [2.45, 2.75) is 0 Å². The molecule has 0 amide bonds. The summed E-state index contributed by atoms with van der Waals surface area (Å²) in [6, 6.07) is 3.06. The van der Waals surface area contributed by atoms with Crippen molar-refractivity contribution in [2.24, 2.45) is 0 Å². The van der Waals surface area contributed by atoms with Crippen LogP contribution in [0.1, 0.15) is 10.4 Å². The second-order valence-electron chi connectivity index (χ2n) is 3.62. The van der Waals surface area contributed by atoms with Gasteiger partial charge in [0.15, 0.2) is 29.4 Å². The van der Waals surface area contributed by atoms with Crippen molar-refractivity contribution in [3.8, 4) is 22.8 Å². The fourth-order valence-electron chi connectivity index (χ4n) is 1.74. The predicted octanol–water partition coefficient (Wildman–Crippen LogP) is 2.41. The molecule has 2 aromatic rings. The lowest BCUT2D eigenvalue weighted by atomic mass is 10.1. The van der Waals surface area contributed by atoms with Crippen LogP contribution in [0.2, 0.25) is 5.02 Å². The highest BCUT2D eigenvalue weighted by molar-refractivity contribution is 6.33. The van der Waals surface area contributed by atoms with Crippen LogP contribution < -0.4 is 15.2 Å². The number of carbonyl (C=O) groups excluding carboxylic acids is 1. The third-order valence-corrected chi connectivity index (χ3v) is 2.86. The minimum absolute atomic E-state index is 0.206. The molecule has 0 spiro atoms. The Labute approximate surface area is 114 Å². The number of anilines is 1. The first-order valence-corrected chi connectivity index (χ1v) is 5.62. The van der Waals surface area contributed by atoms with Crippen molar-refractivity contribution >= 4 is 23.7 Å². The van der Waals surface area contributed by atoms with Gasteiger partial charge >= 0.3 is 0 Å². The molecule has 0 aliphatic heterocycles. The molecule has 0 aliphatic carbocycles. The summed E-state index contributed by atoms with van der Waals surface area (Å²) in [5, 5.41) is 3.81. The van der Waals surface area contributed by atoms with Gasteiger partial charge in [0.25, 0.3) is 0 Å². The average molecular weight is 283 g/mol. The van der Waals surface area contributed by atoms with Gasteiger partial charge in [0.1, 0.15) is 0 Å². The molecule has 1 aromatic carbocycles. The highest BCUT2D eigenvalue weighted by Crippen LogP contribution is 2.43. The molecular weight excluding hydrogens is 272 g/mol. The van der Waals surface area contributed by atoms with Gasteiger partial charge in [-0.15, -0.1) is 0 Å². The minimum Gasteiger partial charge on any atom is -0.492 e. The van der Waals surface area contributed by atoms with E-state index >= 15 is 0 Å². The fraction of sp³-hybridized carbons (Fsp3) is 0.167. The monoisotopic (exact) mass is 282 g/mol. The van der Waals surface area contributed by atoms with Crippen LogP contribution in [0.4, 0.5) is 5.82 Å². The molecule has 0 saturated carbocycles. The Morgan fingerprint density at radius 3 is 2.47 bits per heavy atom. The smallest absolute Gasteiger partial charge is 0.173 e. The lowest BCUT2D eigenvalue weighted by molar-refractivity contribution is 0.112. The number of benzene rings is 1. The molecule has 6 nitrogen and oxygen atoms in total.